The number of carbonyl (C=O) groups is 2. The van der Waals surface area contributed by atoms with Gasteiger partial charge in [0.2, 0.25) is 11.8 Å². The normalized spacial score (nSPS) is 27.0. The molecule has 0 aromatic rings. The lowest BCUT2D eigenvalue weighted by Gasteiger charge is -2.34. The molecule has 1 rings (SSSR count). The smallest absolute Gasteiger partial charge is 0.355 e. The fourth-order valence-electron chi connectivity index (χ4n) is 1.96. The van der Waals surface area contributed by atoms with E-state index >= 15 is 0 Å². The highest BCUT2D eigenvalue weighted by molar-refractivity contribution is 8.55. The molecule has 0 aromatic carbocycles. The predicted molar refractivity (Wildman–Crippen MR) is 94.4 cm³/mol. The largest absolute Gasteiger partial charge is 0.469 e. The van der Waals surface area contributed by atoms with E-state index in [0.29, 0.717) is 0 Å². The van der Waals surface area contributed by atoms with Gasteiger partial charge in [-0.3, -0.25) is 18.6 Å². The van der Waals surface area contributed by atoms with Crippen LogP contribution in [-0.4, -0.2) is 60.3 Å². The van der Waals surface area contributed by atoms with Gasteiger partial charge in [-0.1, -0.05) is 13.8 Å². The van der Waals surface area contributed by atoms with Crippen molar-refractivity contribution >= 4 is 37.8 Å². The van der Waals surface area contributed by atoms with Crippen LogP contribution in [0.15, 0.2) is 0 Å². The summed E-state index contributed by atoms with van der Waals surface area (Å²) in [5.74, 6) is -0.749. The van der Waals surface area contributed by atoms with Gasteiger partial charge in [0.15, 0.2) is 6.10 Å². The van der Waals surface area contributed by atoms with Crippen molar-refractivity contribution in [1.29, 1.82) is 0 Å². The summed E-state index contributed by atoms with van der Waals surface area (Å²) in [4.78, 5) is 41.9. The van der Waals surface area contributed by atoms with Gasteiger partial charge in [0.1, 0.15) is 0 Å². The molecule has 0 spiro atoms. The summed E-state index contributed by atoms with van der Waals surface area (Å²) < 4.78 is 38.6. The Hall–Kier alpha value is -0.450. The molecule has 14 heteroatoms. The number of hydrogen-bond acceptors (Lipinski definition) is 8. The molecule has 0 aromatic heterocycles. The Labute approximate surface area is 155 Å². The van der Waals surface area contributed by atoms with E-state index in [-0.39, 0.29) is 31.2 Å². The van der Waals surface area contributed by atoms with Crippen molar-refractivity contribution in [2.45, 2.75) is 26.4 Å². The maximum atomic E-state index is 12.8. The van der Waals surface area contributed by atoms with E-state index in [0.717, 1.165) is 18.5 Å². The van der Waals surface area contributed by atoms with Crippen LogP contribution in [0.25, 0.3) is 0 Å². The van der Waals surface area contributed by atoms with Crippen LogP contribution < -0.4 is 10.6 Å². The van der Waals surface area contributed by atoms with Gasteiger partial charge in [-0.05, 0) is 11.4 Å². The summed E-state index contributed by atoms with van der Waals surface area (Å²) in [5, 5.41) is 5.09. The molecule has 0 saturated carbocycles. The zero-order chi connectivity index (χ0) is 20.0. The highest BCUT2D eigenvalue weighted by Gasteiger charge is 2.43. The van der Waals surface area contributed by atoms with Crippen LogP contribution in [0.5, 0.6) is 0 Å². The molecule has 152 valence electrons. The minimum absolute atomic E-state index is 0.0182. The first-order valence-corrected chi connectivity index (χ1v) is 12.3. The van der Waals surface area contributed by atoms with Crippen molar-refractivity contribution < 1.29 is 42.1 Å². The molecule has 1 aliphatic rings. The number of hydrogen-bond donors (Lipinski definition) is 4. The Morgan fingerprint density at radius 1 is 1.35 bits per heavy atom. The zero-order valence-corrected chi connectivity index (χ0v) is 17.3. The minimum Gasteiger partial charge on any atom is -0.355 e. The summed E-state index contributed by atoms with van der Waals surface area (Å²) >= 11 is 0.808. The topological polar surface area (TPSA) is 160 Å². The van der Waals surface area contributed by atoms with Crippen molar-refractivity contribution in [1.82, 2.24) is 10.6 Å². The lowest BCUT2D eigenvalue weighted by atomic mass is 9.87. The van der Waals surface area contributed by atoms with Gasteiger partial charge in [0.05, 0.1) is 6.61 Å². The van der Waals surface area contributed by atoms with E-state index in [1.54, 1.807) is 0 Å². The van der Waals surface area contributed by atoms with Crippen molar-refractivity contribution in [3.63, 3.8) is 0 Å². The molecule has 26 heavy (non-hydrogen) atoms. The molecule has 1 saturated heterocycles. The third-order valence-corrected chi connectivity index (χ3v) is 7.62. The third kappa shape index (κ3) is 8.06. The standard InChI is InChI=1S/C12H24N2O9P2S/c1-12(2,8-22-24(17,18)19)10-11(16)14-5-4-9(15)13-6-7-26-25(20,21-3)23-10/h10H,4-8H2,1-3H3,(H,13,15)(H,14,16)(H2,17,18,19)/t10-,25?/m0/s1. The molecular weight excluding hydrogens is 410 g/mol. The van der Waals surface area contributed by atoms with Crippen molar-refractivity contribution in [2.24, 2.45) is 5.41 Å². The molecule has 2 atom stereocenters. The zero-order valence-electron chi connectivity index (χ0n) is 14.7. The monoisotopic (exact) mass is 434 g/mol. The molecule has 1 fully saturated rings. The van der Waals surface area contributed by atoms with Crippen LogP contribution in [0.4, 0.5) is 0 Å². The van der Waals surface area contributed by atoms with Gasteiger partial charge in [0.25, 0.3) is 0 Å². The van der Waals surface area contributed by atoms with E-state index in [1.807, 2.05) is 0 Å². The quantitative estimate of drug-likeness (QED) is 0.452. The van der Waals surface area contributed by atoms with Gasteiger partial charge >= 0.3 is 14.6 Å². The Kier molecular flexibility index (Phi) is 8.76. The van der Waals surface area contributed by atoms with Crippen LogP contribution in [-0.2, 0) is 32.3 Å². The summed E-state index contributed by atoms with van der Waals surface area (Å²) in [5.41, 5.74) is -1.26. The Bertz CT molecular complexity index is 610. The molecule has 0 radical (unpaired) electrons. The summed E-state index contributed by atoms with van der Waals surface area (Å²) in [6, 6.07) is 0. The molecule has 11 nitrogen and oxygen atoms in total. The highest BCUT2D eigenvalue weighted by atomic mass is 32.7. The number of amides is 2. The third-order valence-electron chi connectivity index (χ3n) is 3.34. The molecule has 1 heterocycles. The fourth-order valence-corrected chi connectivity index (χ4v) is 5.47. The lowest BCUT2D eigenvalue weighted by Crippen LogP contribution is -2.48. The highest BCUT2D eigenvalue weighted by Crippen LogP contribution is 2.61. The van der Waals surface area contributed by atoms with Crippen LogP contribution in [0.3, 0.4) is 0 Å². The maximum Gasteiger partial charge on any atom is 0.469 e. The second kappa shape index (κ2) is 9.66. The van der Waals surface area contributed by atoms with Gasteiger partial charge < -0.3 is 24.9 Å². The van der Waals surface area contributed by atoms with Gasteiger partial charge in [-0.15, -0.1) is 0 Å². The number of phosphoric ester groups is 1. The molecule has 0 aliphatic carbocycles. The predicted octanol–water partition coefficient (Wildman–Crippen LogP) is 0.631. The first-order valence-electron chi connectivity index (χ1n) is 7.62. The van der Waals surface area contributed by atoms with Crippen LogP contribution in [0, 0.1) is 5.41 Å². The Morgan fingerprint density at radius 2 is 2.00 bits per heavy atom. The van der Waals surface area contributed by atoms with E-state index in [1.165, 1.54) is 13.8 Å². The summed E-state index contributed by atoms with van der Waals surface area (Å²) in [6.07, 6.45) is -1.35. The molecule has 4 N–H and O–H groups in total. The molecule has 1 aliphatic heterocycles. The fraction of sp³-hybridized carbons (Fsp3) is 0.833. The molecule has 2 amide bonds. The van der Waals surface area contributed by atoms with Gasteiger partial charge in [-0.25, -0.2) is 9.13 Å². The average Bonchev–Trinajstić information content (AvgIpc) is 2.53. The van der Waals surface area contributed by atoms with Crippen LogP contribution in [0.1, 0.15) is 20.3 Å². The van der Waals surface area contributed by atoms with Crippen molar-refractivity contribution in [3.8, 4) is 0 Å². The number of rotatable bonds is 5. The number of nitrogens with one attached hydrogen (secondary N) is 2. The second-order valence-electron chi connectivity index (χ2n) is 6.09. The SMILES string of the molecule is COP1(=O)O[C@H](C(C)(C)COP(=O)(O)O)C(=O)NCCC(=O)NCCS1. The number of phosphoric acid groups is 1. The van der Waals surface area contributed by atoms with Crippen LogP contribution >= 0.6 is 26.0 Å². The summed E-state index contributed by atoms with van der Waals surface area (Å²) in [6.45, 7) is -1.11. The Balaban J connectivity index is 3.06. The van der Waals surface area contributed by atoms with Gasteiger partial charge in [0, 0.05) is 37.8 Å². The van der Waals surface area contributed by atoms with E-state index in [4.69, 9.17) is 18.8 Å². The Morgan fingerprint density at radius 3 is 2.58 bits per heavy atom. The minimum atomic E-state index is -4.77. The summed E-state index contributed by atoms with van der Waals surface area (Å²) in [7, 11) is -3.61. The lowest BCUT2D eigenvalue weighted by molar-refractivity contribution is -0.135. The number of carbonyl (C=O) groups excluding carboxylic acids is 2. The average molecular weight is 434 g/mol. The van der Waals surface area contributed by atoms with E-state index in [9.17, 15) is 18.7 Å². The van der Waals surface area contributed by atoms with Crippen LogP contribution in [0.2, 0.25) is 0 Å². The van der Waals surface area contributed by atoms with Crippen molar-refractivity contribution in [3.05, 3.63) is 0 Å². The first-order chi connectivity index (χ1) is 11.9. The van der Waals surface area contributed by atoms with E-state index < -0.39 is 38.7 Å². The van der Waals surface area contributed by atoms with E-state index in [2.05, 4.69) is 15.2 Å². The van der Waals surface area contributed by atoms with Crippen molar-refractivity contribution in [2.75, 3.05) is 32.6 Å². The van der Waals surface area contributed by atoms with Gasteiger partial charge in [-0.2, -0.15) is 0 Å². The first kappa shape index (κ1) is 23.6. The second-order valence-corrected chi connectivity index (χ2v) is 11.6. The molecule has 0 bridgehead atoms. The molecular formula is C12H24N2O9P2S. The molecule has 1 unspecified atom stereocenters. The maximum absolute atomic E-state index is 12.8.